The molecular formula is C15H27NO8. The van der Waals surface area contributed by atoms with Gasteiger partial charge in [-0.15, -0.1) is 0 Å². The molecule has 0 unspecified atom stereocenters. The average molecular weight is 349 g/mol. The summed E-state index contributed by atoms with van der Waals surface area (Å²) in [7, 11) is 0. The van der Waals surface area contributed by atoms with Gasteiger partial charge >= 0.3 is 17.9 Å². The molecule has 6 N–H and O–H groups in total. The van der Waals surface area contributed by atoms with E-state index in [0.717, 1.165) is 12.8 Å². The largest absolute Gasteiger partial charge is 0.481 e. The van der Waals surface area contributed by atoms with Crippen molar-refractivity contribution in [1.29, 1.82) is 0 Å². The first kappa shape index (κ1) is 22.3. The maximum atomic E-state index is 10.3. The molecule has 1 rings (SSSR count). The van der Waals surface area contributed by atoms with Crippen LogP contribution in [-0.2, 0) is 14.4 Å². The fourth-order valence-corrected chi connectivity index (χ4v) is 2.98. The maximum Gasteiger partial charge on any atom is 0.336 e. The Balaban J connectivity index is 0.000000446. The van der Waals surface area contributed by atoms with Crippen molar-refractivity contribution in [3.63, 3.8) is 0 Å². The summed E-state index contributed by atoms with van der Waals surface area (Å²) in [4.78, 5) is 30.5. The SMILES string of the molecule is CC1(C)CC(O)CC(C)(C)N1.O=C(O)CC(O)(CC(=O)O)C(=O)O. The van der Waals surface area contributed by atoms with Crippen LogP contribution in [0.5, 0.6) is 0 Å². The summed E-state index contributed by atoms with van der Waals surface area (Å²) >= 11 is 0. The normalized spacial score (nSPS) is 19.8. The van der Waals surface area contributed by atoms with Crippen LogP contribution in [0.3, 0.4) is 0 Å². The third-order valence-electron chi connectivity index (χ3n) is 3.45. The van der Waals surface area contributed by atoms with Gasteiger partial charge in [0, 0.05) is 11.1 Å². The van der Waals surface area contributed by atoms with E-state index in [1.54, 1.807) is 0 Å². The molecule has 9 heteroatoms. The van der Waals surface area contributed by atoms with Crippen LogP contribution in [-0.4, -0.2) is 66.2 Å². The Labute approximate surface area is 140 Å². The van der Waals surface area contributed by atoms with Crippen molar-refractivity contribution in [1.82, 2.24) is 5.32 Å². The second-order valence-electron chi connectivity index (χ2n) is 7.43. The van der Waals surface area contributed by atoms with Crippen LogP contribution in [0.4, 0.5) is 0 Å². The molecule has 0 radical (unpaired) electrons. The van der Waals surface area contributed by atoms with Crippen molar-refractivity contribution >= 4 is 17.9 Å². The fourth-order valence-electron chi connectivity index (χ4n) is 2.98. The van der Waals surface area contributed by atoms with E-state index in [-0.39, 0.29) is 17.2 Å². The number of carboxylic acid groups (broad SMARTS) is 3. The zero-order valence-electron chi connectivity index (χ0n) is 14.4. The maximum absolute atomic E-state index is 10.3. The summed E-state index contributed by atoms with van der Waals surface area (Å²) in [6.45, 7) is 8.54. The van der Waals surface area contributed by atoms with Gasteiger partial charge in [-0.05, 0) is 40.5 Å². The standard InChI is InChI=1S/C9H19NO.C6H8O7/c1-8(2)5-7(11)6-9(3,4)10-8;7-3(8)1-6(13,5(11)12)2-4(9)10/h7,10-11H,5-6H2,1-4H3;13H,1-2H2,(H,7,8)(H,9,10)(H,11,12). The molecular weight excluding hydrogens is 322 g/mol. The number of piperidine rings is 1. The van der Waals surface area contributed by atoms with Crippen LogP contribution in [0.15, 0.2) is 0 Å². The van der Waals surface area contributed by atoms with Crippen molar-refractivity contribution in [2.75, 3.05) is 0 Å². The zero-order valence-corrected chi connectivity index (χ0v) is 14.4. The van der Waals surface area contributed by atoms with Crippen molar-refractivity contribution < 1.29 is 39.9 Å². The highest BCUT2D eigenvalue weighted by atomic mass is 16.4. The Morgan fingerprint density at radius 2 is 1.29 bits per heavy atom. The second kappa shape index (κ2) is 7.91. The monoisotopic (exact) mass is 349 g/mol. The number of carbonyl (C=O) groups is 3. The van der Waals surface area contributed by atoms with Crippen LogP contribution >= 0.6 is 0 Å². The van der Waals surface area contributed by atoms with E-state index in [0.29, 0.717) is 0 Å². The number of hydrogen-bond acceptors (Lipinski definition) is 6. The van der Waals surface area contributed by atoms with E-state index in [2.05, 4.69) is 33.0 Å². The van der Waals surface area contributed by atoms with Gasteiger partial charge in [-0.25, -0.2) is 4.79 Å². The molecule has 1 saturated heterocycles. The van der Waals surface area contributed by atoms with Crippen LogP contribution in [0.2, 0.25) is 0 Å². The number of aliphatic hydroxyl groups is 2. The van der Waals surface area contributed by atoms with Gasteiger partial charge in [0.1, 0.15) is 0 Å². The molecule has 1 aliphatic rings. The van der Waals surface area contributed by atoms with Crippen LogP contribution < -0.4 is 5.32 Å². The van der Waals surface area contributed by atoms with Crippen molar-refractivity contribution in [3.05, 3.63) is 0 Å². The molecule has 24 heavy (non-hydrogen) atoms. The quantitative estimate of drug-likeness (QED) is 0.402. The molecule has 1 heterocycles. The molecule has 0 aromatic heterocycles. The minimum Gasteiger partial charge on any atom is -0.481 e. The summed E-state index contributed by atoms with van der Waals surface area (Å²) in [5, 5.41) is 46.9. The van der Waals surface area contributed by atoms with Gasteiger partial charge in [0.25, 0.3) is 0 Å². The Morgan fingerprint density at radius 3 is 1.50 bits per heavy atom. The third kappa shape index (κ3) is 8.23. The molecule has 0 aromatic rings. The number of nitrogens with one attached hydrogen (secondary N) is 1. The van der Waals surface area contributed by atoms with Crippen LogP contribution in [0.25, 0.3) is 0 Å². The molecule has 0 aliphatic carbocycles. The molecule has 0 bridgehead atoms. The lowest BCUT2D eigenvalue weighted by Gasteiger charge is -2.44. The molecule has 0 aromatic carbocycles. The molecule has 0 amide bonds. The number of aliphatic hydroxyl groups excluding tert-OH is 1. The zero-order chi connectivity index (χ0) is 19.3. The van der Waals surface area contributed by atoms with Crippen molar-refractivity contribution in [2.45, 2.75) is 76.2 Å². The van der Waals surface area contributed by atoms with E-state index >= 15 is 0 Å². The lowest BCUT2D eigenvalue weighted by atomic mass is 9.81. The Morgan fingerprint density at radius 1 is 0.958 bits per heavy atom. The first-order chi connectivity index (χ1) is 10.6. The highest BCUT2D eigenvalue weighted by Crippen LogP contribution is 2.28. The molecule has 0 spiro atoms. The first-order valence-corrected chi connectivity index (χ1v) is 7.45. The number of rotatable bonds is 5. The summed E-state index contributed by atoms with van der Waals surface area (Å²) in [6, 6.07) is 0. The highest BCUT2D eigenvalue weighted by Gasteiger charge is 2.40. The Hall–Kier alpha value is -1.71. The van der Waals surface area contributed by atoms with Gasteiger partial charge in [-0.2, -0.15) is 0 Å². The fraction of sp³-hybridized carbons (Fsp3) is 0.800. The third-order valence-corrected chi connectivity index (χ3v) is 3.45. The van der Waals surface area contributed by atoms with Crippen molar-refractivity contribution in [3.8, 4) is 0 Å². The Kier molecular flexibility index (Phi) is 7.35. The van der Waals surface area contributed by atoms with E-state index in [4.69, 9.17) is 20.4 Å². The van der Waals surface area contributed by atoms with E-state index in [1.165, 1.54) is 0 Å². The average Bonchev–Trinajstić information content (AvgIpc) is 2.20. The molecule has 0 atom stereocenters. The predicted molar refractivity (Wildman–Crippen MR) is 83.6 cm³/mol. The second-order valence-corrected chi connectivity index (χ2v) is 7.43. The van der Waals surface area contributed by atoms with E-state index in [9.17, 15) is 19.5 Å². The molecule has 140 valence electrons. The number of carboxylic acids is 3. The summed E-state index contributed by atoms with van der Waals surface area (Å²) in [5.41, 5.74) is -2.57. The van der Waals surface area contributed by atoms with Gasteiger partial charge in [-0.3, -0.25) is 9.59 Å². The van der Waals surface area contributed by atoms with Gasteiger partial charge in [0.15, 0.2) is 5.60 Å². The number of aliphatic carboxylic acids is 3. The Bertz CT molecular complexity index is 454. The topological polar surface area (TPSA) is 164 Å². The highest BCUT2D eigenvalue weighted by molar-refractivity contribution is 5.88. The van der Waals surface area contributed by atoms with E-state index < -0.39 is 36.4 Å². The lowest BCUT2D eigenvalue weighted by molar-refractivity contribution is -0.170. The summed E-state index contributed by atoms with van der Waals surface area (Å²) in [5.74, 6) is -5.02. The molecule has 1 fully saturated rings. The van der Waals surface area contributed by atoms with Crippen LogP contribution in [0, 0.1) is 0 Å². The van der Waals surface area contributed by atoms with Gasteiger partial charge in [-0.1, -0.05) is 0 Å². The summed E-state index contributed by atoms with van der Waals surface area (Å²) < 4.78 is 0. The van der Waals surface area contributed by atoms with Gasteiger partial charge in [0.2, 0.25) is 0 Å². The first-order valence-electron chi connectivity index (χ1n) is 7.45. The van der Waals surface area contributed by atoms with E-state index in [1.807, 2.05) is 0 Å². The predicted octanol–water partition coefficient (Wildman–Crippen LogP) is 0.0394. The minimum atomic E-state index is -2.74. The lowest BCUT2D eigenvalue weighted by Crippen LogP contribution is -2.59. The summed E-state index contributed by atoms with van der Waals surface area (Å²) in [6.07, 6.45) is -0.711. The molecule has 9 nitrogen and oxygen atoms in total. The van der Waals surface area contributed by atoms with Gasteiger partial charge < -0.3 is 30.8 Å². The van der Waals surface area contributed by atoms with Crippen LogP contribution in [0.1, 0.15) is 53.4 Å². The van der Waals surface area contributed by atoms with Gasteiger partial charge in [0.05, 0.1) is 18.9 Å². The molecule has 1 aliphatic heterocycles. The minimum absolute atomic E-state index is 0.0845. The van der Waals surface area contributed by atoms with Crippen molar-refractivity contribution in [2.24, 2.45) is 0 Å². The molecule has 0 saturated carbocycles. The number of hydrogen-bond donors (Lipinski definition) is 6. The smallest absolute Gasteiger partial charge is 0.336 e.